The maximum absolute atomic E-state index is 3.50. The van der Waals surface area contributed by atoms with E-state index in [1.165, 1.54) is 29.1 Å². The summed E-state index contributed by atoms with van der Waals surface area (Å²) in [6.45, 7) is 2.22. The molecule has 1 saturated heterocycles. The van der Waals surface area contributed by atoms with Crippen LogP contribution < -0.4 is 5.32 Å². The minimum absolute atomic E-state index is 0.543. The average Bonchev–Trinajstić information content (AvgIpc) is 2.84. The standard InChI is InChI=1S/C14H21NS/c1-3-11-5-4-6-12(9-11)14(15-2)13-7-8-16-10-13/h4-6,9,13-15H,3,7-8,10H2,1-2H3. The van der Waals surface area contributed by atoms with E-state index in [9.17, 15) is 0 Å². The fourth-order valence-corrected chi connectivity index (χ4v) is 3.79. The number of aryl methyl sites for hydroxylation is 1. The molecule has 2 heteroatoms. The van der Waals surface area contributed by atoms with E-state index in [1.54, 1.807) is 0 Å². The molecule has 1 nitrogen and oxygen atoms in total. The Labute approximate surface area is 103 Å². The van der Waals surface area contributed by atoms with Crippen LogP contribution in [-0.2, 0) is 6.42 Å². The average molecular weight is 235 g/mol. The van der Waals surface area contributed by atoms with Crippen LogP contribution in [0.4, 0.5) is 0 Å². The summed E-state index contributed by atoms with van der Waals surface area (Å²) in [7, 11) is 2.09. The monoisotopic (exact) mass is 235 g/mol. The van der Waals surface area contributed by atoms with Crippen molar-refractivity contribution in [1.29, 1.82) is 0 Å². The Kier molecular flexibility index (Phi) is 4.30. The lowest BCUT2D eigenvalue weighted by atomic mass is 9.91. The molecular weight excluding hydrogens is 214 g/mol. The normalized spacial score (nSPS) is 22.2. The van der Waals surface area contributed by atoms with Gasteiger partial charge in [-0.25, -0.2) is 0 Å². The molecule has 88 valence electrons. The second-order valence-corrected chi connectivity index (χ2v) is 5.64. The topological polar surface area (TPSA) is 12.0 Å². The molecule has 0 aromatic heterocycles. The third-order valence-corrected chi connectivity index (χ3v) is 4.65. The highest BCUT2D eigenvalue weighted by atomic mass is 32.2. The summed E-state index contributed by atoms with van der Waals surface area (Å²) in [6.07, 6.45) is 2.48. The Balaban J connectivity index is 2.18. The van der Waals surface area contributed by atoms with Crippen LogP contribution in [0.15, 0.2) is 24.3 Å². The molecule has 1 fully saturated rings. The smallest absolute Gasteiger partial charge is 0.0354 e. The minimum Gasteiger partial charge on any atom is -0.313 e. The van der Waals surface area contributed by atoms with Crippen LogP contribution in [0.25, 0.3) is 0 Å². The van der Waals surface area contributed by atoms with Crippen LogP contribution in [0.2, 0.25) is 0 Å². The zero-order valence-corrected chi connectivity index (χ0v) is 11.0. The first-order valence-electron chi connectivity index (χ1n) is 6.19. The minimum atomic E-state index is 0.543. The molecule has 0 saturated carbocycles. The lowest BCUT2D eigenvalue weighted by molar-refractivity contribution is 0.420. The molecule has 2 unspecified atom stereocenters. The Hall–Kier alpha value is -0.470. The molecule has 0 amide bonds. The number of benzene rings is 1. The zero-order chi connectivity index (χ0) is 11.4. The fraction of sp³-hybridized carbons (Fsp3) is 0.571. The van der Waals surface area contributed by atoms with E-state index in [-0.39, 0.29) is 0 Å². The van der Waals surface area contributed by atoms with Crippen molar-refractivity contribution in [2.75, 3.05) is 18.6 Å². The van der Waals surface area contributed by atoms with E-state index in [0.717, 1.165) is 12.3 Å². The van der Waals surface area contributed by atoms with E-state index < -0.39 is 0 Å². The van der Waals surface area contributed by atoms with Gasteiger partial charge in [0.1, 0.15) is 0 Å². The predicted octanol–water partition coefficient (Wildman–Crippen LogP) is 3.26. The van der Waals surface area contributed by atoms with Crippen molar-refractivity contribution >= 4 is 11.8 Å². The number of hydrogen-bond donors (Lipinski definition) is 1. The van der Waals surface area contributed by atoms with Crippen LogP contribution in [0.5, 0.6) is 0 Å². The Morgan fingerprint density at radius 1 is 1.50 bits per heavy atom. The Morgan fingerprint density at radius 2 is 2.38 bits per heavy atom. The third kappa shape index (κ3) is 2.61. The SMILES string of the molecule is CCc1cccc(C(NC)C2CCSC2)c1. The molecule has 0 radical (unpaired) electrons. The van der Waals surface area contributed by atoms with Crippen LogP contribution in [0, 0.1) is 5.92 Å². The summed E-state index contributed by atoms with van der Waals surface area (Å²) in [5, 5.41) is 3.50. The van der Waals surface area contributed by atoms with Crippen molar-refractivity contribution < 1.29 is 0 Å². The van der Waals surface area contributed by atoms with Crippen molar-refractivity contribution in [2.24, 2.45) is 5.92 Å². The first kappa shape index (κ1) is 12.0. The van der Waals surface area contributed by atoms with Gasteiger partial charge in [0, 0.05) is 6.04 Å². The van der Waals surface area contributed by atoms with E-state index in [1.807, 2.05) is 0 Å². The van der Waals surface area contributed by atoms with Crippen molar-refractivity contribution in [2.45, 2.75) is 25.8 Å². The molecule has 0 bridgehead atoms. The molecule has 2 rings (SSSR count). The van der Waals surface area contributed by atoms with Crippen LogP contribution in [-0.4, -0.2) is 18.6 Å². The lowest BCUT2D eigenvalue weighted by Crippen LogP contribution is -2.25. The summed E-state index contributed by atoms with van der Waals surface area (Å²) in [5.41, 5.74) is 2.91. The van der Waals surface area contributed by atoms with Gasteiger partial charge in [-0.15, -0.1) is 0 Å². The molecule has 2 atom stereocenters. The second kappa shape index (κ2) is 5.74. The van der Waals surface area contributed by atoms with Gasteiger partial charge in [-0.1, -0.05) is 31.2 Å². The van der Waals surface area contributed by atoms with Gasteiger partial charge >= 0.3 is 0 Å². The third-order valence-electron chi connectivity index (χ3n) is 3.47. The molecular formula is C14H21NS. The number of thioether (sulfide) groups is 1. The summed E-state index contributed by atoms with van der Waals surface area (Å²) in [4.78, 5) is 0. The molecule has 1 N–H and O–H groups in total. The number of hydrogen-bond acceptors (Lipinski definition) is 2. The fourth-order valence-electron chi connectivity index (χ4n) is 2.50. The lowest BCUT2D eigenvalue weighted by Gasteiger charge is -2.23. The van der Waals surface area contributed by atoms with Crippen molar-refractivity contribution in [3.8, 4) is 0 Å². The Morgan fingerprint density at radius 3 is 3.00 bits per heavy atom. The summed E-state index contributed by atoms with van der Waals surface area (Å²) < 4.78 is 0. The highest BCUT2D eigenvalue weighted by Crippen LogP contribution is 2.34. The van der Waals surface area contributed by atoms with Gasteiger partial charge in [0.2, 0.25) is 0 Å². The number of rotatable bonds is 4. The maximum Gasteiger partial charge on any atom is 0.0354 e. The van der Waals surface area contributed by atoms with E-state index in [4.69, 9.17) is 0 Å². The zero-order valence-electron chi connectivity index (χ0n) is 10.2. The molecule has 1 aromatic rings. The maximum atomic E-state index is 3.50. The van der Waals surface area contributed by atoms with Gasteiger partial charge < -0.3 is 5.32 Å². The van der Waals surface area contributed by atoms with Gasteiger partial charge in [0.25, 0.3) is 0 Å². The Bertz CT molecular complexity index is 331. The summed E-state index contributed by atoms with van der Waals surface area (Å²) >= 11 is 2.09. The summed E-state index contributed by atoms with van der Waals surface area (Å²) in [6, 6.07) is 9.59. The number of nitrogens with one attached hydrogen (secondary N) is 1. The van der Waals surface area contributed by atoms with E-state index >= 15 is 0 Å². The molecule has 1 aromatic carbocycles. The first-order chi connectivity index (χ1) is 7.85. The summed E-state index contributed by atoms with van der Waals surface area (Å²) in [5.74, 6) is 3.44. The first-order valence-corrected chi connectivity index (χ1v) is 7.34. The predicted molar refractivity (Wildman–Crippen MR) is 73.1 cm³/mol. The van der Waals surface area contributed by atoms with Gasteiger partial charge in [-0.3, -0.25) is 0 Å². The molecule has 1 aliphatic heterocycles. The van der Waals surface area contributed by atoms with Crippen molar-refractivity contribution in [3.05, 3.63) is 35.4 Å². The molecule has 1 aliphatic rings. The molecule has 0 spiro atoms. The quantitative estimate of drug-likeness (QED) is 0.859. The molecule has 0 aliphatic carbocycles. The van der Waals surface area contributed by atoms with Gasteiger partial charge in [-0.05, 0) is 48.4 Å². The van der Waals surface area contributed by atoms with Crippen LogP contribution in [0.1, 0.15) is 30.5 Å². The second-order valence-electron chi connectivity index (χ2n) is 4.49. The van der Waals surface area contributed by atoms with Gasteiger partial charge in [0.15, 0.2) is 0 Å². The van der Waals surface area contributed by atoms with Crippen molar-refractivity contribution in [1.82, 2.24) is 5.32 Å². The molecule has 1 heterocycles. The van der Waals surface area contributed by atoms with Gasteiger partial charge in [0.05, 0.1) is 0 Å². The van der Waals surface area contributed by atoms with Gasteiger partial charge in [-0.2, -0.15) is 11.8 Å². The largest absolute Gasteiger partial charge is 0.313 e. The highest BCUT2D eigenvalue weighted by molar-refractivity contribution is 7.99. The van der Waals surface area contributed by atoms with E-state index in [0.29, 0.717) is 6.04 Å². The van der Waals surface area contributed by atoms with Crippen molar-refractivity contribution in [3.63, 3.8) is 0 Å². The van der Waals surface area contributed by atoms with E-state index in [2.05, 4.69) is 55.3 Å². The van der Waals surface area contributed by atoms with Crippen LogP contribution >= 0.6 is 11.8 Å². The molecule has 16 heavy (non-hydrogen) atoms. The highest BCUT2D eigenvalue weighted by Gasteiger charge is 2.25. The van der Waals surface area contributed by atoms with Crippen LogP contribution in [0.3, 0.4) is 0 Å².